The molecular weight excluding hydrogens is 262 g/mol. The van der Waals surface area contributed by atoms with Crippen LogP contribution < -0.4 is 5.32 Å². The zero-order valence-electron chi connectivity index (χ0n) is 14.3. The monoisotopic (exact) mass is 291 g/mol. The second-order valence-electron chi connectivity index (χ2n) is 7.20. The summed E-state index contributed by atoms with van der Waals surface area (Å²) in [5.41, 5.74) is 3.59. The minimum Gasteiger partial charge on any atom is -0.370 e. The molecule has 0 saturated carbocycles. The minimum absolute atomic E-state index is 0.0967. The number of hydrogen-bond acceptors (Lipinski definition) is 4. The summed E-state index contributed by atoms with van der Waals surface area (Å²) in [5, 5.41) is 3.56. The van der Waals surface area contributed by atoms with Gasteiger partial charge < -0.3 is 10.1 Å². The zero-order valence-corrected chi connectivity index (χ0v) is 14.3. The minimum atomic E-state index is 0.0967. The Bertz CT molecular complexity index is 464. The summed E-state index contributed by atoms with van der Waals surface area (Å²) >= 11 is 0. The molecule has 0 bridgehead atoms. The smallest absolute Gasteiger partial charge is 0.157 e. The number of aromatic nitrogens is 2. The van der Waals surface area contributed by atoms with Crippen LogP contribution in [-0.4, -0.2) is 28.7 Å². The number of rotatable bonds is 4. The fraction of sp³-hybridized carbons (Fsp3) is 0.765. The van der Waals surface area contributed by atoms with Gasteiger partial charge in [-0.15, -0.1) is 0 Å². The predicted octanol–water partition coefficient (Wildman–Crippen LogP) is 3.44. The Balaban J connectivity index is 2.16. The third kappa shape index (κ3) is 4.24. The van der Waals surface area contributed by atoms with Gasteiger partial charge in [0.05, 0.1) is 0 Å². The molecule has 2 atom stereocenters. The van der Waals surface area contributed by atoms with Gasteiger partial charge in [0.2, 0.25) is 0 Å². The van der Waals surface area contributed by atoms with Crippen LogP contribution in [0.4, 0.5) is 0 Å². The van der Waals surface area contributed by atoms with Crippen molar-refractivity contribution in [3.8, 4) is 0 Å². The topological polar surface area (TPSA) is 47.0 Å². The van der Waals surface area contributed by atoms with Crippen molar-refractivity contribution in [2.45, 2.75) is 71.9 Å². The summed E-state index contributed by atoms with van der Waals surface area (Å²) in [5.74, 6) is 1.27. The van der Waals surface area contributed by atoms with Crippen LogP contribution >= 0.6 is 0 Å². The van der Waals surface area contributed by atoms with E-state index >= 15 is 0 Å². The van der Waals surface area contributed by atoms with Gasteiger partial charge >= 0.3 is 0 Å². The largest absolute Gasteiger partial charge is 0.370 e. The van der Waals surface area contributed by atoms with Gasteiger partial charge in [-0.1, -0.05) is 6.92 Å². The highest BCUT2D eigenvalue weighted by atomic mass is 16.5. The van der Waals surface area contributed by atoms with Gasteiger partial charge in [-0.05, 0) is 58.9 Å². The maximum atomic E-state index is 5.70. The Morgan fingerprint density at radius 2 is 1.86 bits per heavy atom. The van der Waals surface area contributed by atoms with Crippen LogP contribution in [0.25, 0.3) is 0 Å². The molecule has 0 aromatic carbocycles. The lowest BCUT2D eigenvalue weighted by atomic mass is 9.96. The van der Waals surface area contributed by atoms with E-state index in [4.69, 9.17) is 14.7 Å². The summed E-state index contributed by atoms with van der Waals surface area (Å²) < 4.78 is 5.70. The molecular formula is C17H29N3O. The van der Waals surface area contributed by atoms with Crippen molar-refractivity contribution >= 4 is 0 Å². The normalized spacial score (nSPS) is 20.8. The molecule has 0 radical (unpaired) electrons. The van der Waals surface area contributed by atoms with E-state index < -0.39 is 0 Å². The van der Waals surface area contributed by atoms with Crippen molar-refractivity contribution in [3.63, 3.8) is 0 Å². The molecule has 2 unspecified atom stereocenters. The molecule has 1 aromatic heterocycles. The lowest BCUT2D eigenvalue weighted by Gasteiger charge is -2.25. The van der Waals surface area contributed by atoms with Crippen LogP contribution in [0.1, 0.15) is 75.3 Å². The van der Waals surface area contributed by atoms with E-state index in [1.807, 2.05) is 0 Å². The van der Waals surface area contributed by atoms with Crippen LogP contribution in [0.3, 0.4) is 0 Å². The molecule has 0 aliphatic carbocycles. The van der Waals surface area contributed by atoms with Gasteiger partial charge in [-0.25, -0.2) is 9.97 Å². The van der Waals surface area contributed by atoms with Crippen LogP contribution in [0.5, 0.6) is 0 Å². The molecule has 21 heavy (non-hydrogen) atoms. The van der Waals surface area contributed by atoms with Gasteiger partial charge in [-0.2, -0.15) is 0 Å². The summed E-state index contributed by atoms with van der Waals surface area (Å²) in [4.78, 5) is 9.44. The molecule has 1 fully saturated rings. The van der Waals surface area contributed by atoms with E-state index in [1.54, 1.807) is 0 Å². The molecule has 118 valence electrons. The van der Waals surface area contributed by atoms with Gasteiger partial charge in [-0.3, -0.25) is 0 Å². The standard InChI is InChI=1S/C17H29N3O/c1-11(10-18-17(4,5)6)15-12(2)19-16(20-13(15)3)14-8-7-9-21-14/h11,14,18H,7-10H2,1-6H3. The highest BCUT2D eigenvalue weighted by Crippen LogP contribution is 2.29. The number of aryl methyl sites for hydroxylation is 2. The molecule has 0 spiro atoms. The molecule has 4 nitrogen and oxygen atoms in total. The summed E-state index contributed by atoms with van der Waals surface area (Å²) in [6.45, 7) is 14.8. The Morgan fingerprint density at radius 1 is 1.24 bits per heavy atom. The van der Waals surface area contributed by atoms with Crippen molar-refractivity contribution in [2.75, 3.05) is 13.2 Å². The van der Waals surface area contributed by atoms with Crippen molar-refractivity contribution in [3.05, 3.63) is 22.8 Å². The first-order valence-electron chi connectivity index (χ1n) is 7.99. The lowest BCUT2D eigenvalue weighted by Crippen LogP contribution is -2.38. The fourth-order valence-electron chi connectivity index (χ4n) is 2.95. The van der Waals surface area contributed by atoms with E-state index in [0.29, 0.717) is 5.92 Å². The molecule has 1 saturated heterocycles. The van der Waals surface area contributed by atoms with Crippen molar-refractivity contribution in [1.82, 2.24) is 15.3 Å². The maximum absolute atomic E-state index is 5.70. The first-order valence-corrected chi connectivity index (χ1v) is 7.99. The van der Waals surface area contributed by atoms with Crippen LogP contribution in [0.2, 0.25) is 0 Å². The van der Waals surface area contributed by atoms with Gasteiger partial charge in [0.15, 0.2) is 5.82 Å². The molecule has 1 aromatic rings. The SMILES string of the molecule is Cc1nc(C2CCCO2)nc(C)c1C(C)CNC(C)(C)C. The van der Waals surface area contributed by atoms with E-state index in [0.717, 1.165) is 43.2 Å². The quantitative estimate of drug-likeness (QED) is 0.923. The Morgan fingerprint density at radius 3 is 2.33 bits per heavy atom. The average molecular weight is 291 g/mol. The van der Waals surface area contributed by atoms with Crippen LogP contribution in [0, 0.1) is 13.8 Å². The van der Waals surface area contributed by atoms with Gasteiger partial charge in [0.1, 0.15) is 6.10 Å². The summed E-state index contributed by atoms with van der Waals surface area (Å²) in [6, 6.07) is 0. The molecule has 0 amide bonds. The predicted molar refractivity (Wildman–Crippen MR) is 85.6 cm³/mol. The second kappa shape index (κ2) is 6.41. The van der Waals surface area contributed by atoms with E-state index in [2.05, 4.69) is 46.9 Å². The molecule has 1 aliphatic rings. The zero-order chi connectivity index (χ0) is 15.6. The number of nitrogens with one attached hydrogen (secondary N) is 1. The van der Waals surface area contributed by atoms with Crippen LogP contribution in [0.15, 0.2) is 0 Å². The van der Waals surface area contributed by atoms with Crippen molar-refractivity contribution < 1.29 is 4.74 Å². The van der Waals surface area contributed by atoms with Crippen molar-refractivity contribution in [2.24, 2.45) is 0 Å². The molecule has 1 N–H and O–H groups in total. The second-order valence-corrected chi connectivity index (χ2v) is 7.20. The van der Waals surface area contributed by atoms with Gasteiger partial charge in [0, 0.05) is 30.1 Å². The van der Waals surface area contributed by atoms with E-state index in [1.165, 1.54) is 5.56 Å². The van der Waals surface area contributed by atoms with E-state index in [9.17, 15) is 0 Å². The lowest BCUT2D eigenvalue weighted by molar-refractivity contribution is 0.104. The highest BCUT2D eigenvalue weighted by molar-refractivity contribution is 5.29. The Hall–Kier alpha value is -1.00. The van der Waals surface area contributed by atoms with Crippen LogP contribution in [-0.2, 0) is 4.74 Å². The average Bonchev–Trinajstić information content (AvgIpc) is 2.88. The number of nitrogens with zero attached hydrogens (tertiary/aromatic N) is 2. The highest BCUT2D eigenvalue weighted by Gasteiger charge is 2.23. The summed E-state index contributed by atoms with van der Waals surface area (Å²) in [6.07, 6.45) is 2.25. The summed E-state index contributed by atoms with van der Waals surface area (Å²) in [7, 11) is 0. The number of ether oxygens (including phenoxy) is 1. The Kier molecular flexibility index (Phi) is 4.99. The van der Waals surface area contributed by atoms with E-state index in [-0.39, 0.29) is 11.6 Å². The maximum Gasteiger partial charge on any atom is 0.157 e. The molecule has 2 rings (SSSR count). The third-order valence-electron chi connectivity index (χ3n) is 3.99. The fourth-order valence-corrected chi connectivity index (χ4v) is 2.95. The first kappa shape index (κ1) is 16.4. The molecule has 1 aliphatic heterocycles. The number of hydrogen-bond donors (Lipinski definition) is 1. The molecule has 4 heteroatoms. The third-order valence-corrected chi connectivity index (χ3v) is 3.99. The van der Waals surface area contributed by atoms with Crippen molar-refractivity contribution in [1.29, 1.82) is 0 Å². The molecule has 2 heterocycles. The first-order chi connectivity index (χ1) is 9.78. The Labute approximate surface area is 128 Å². The van der Waals surface area contributed by atoms with Gasteiger partial charge in [0.25, 0.3) is 0 Å².